The van der Waals surface area contributed by atoms with Crippen LogP contribution < -0.4 is 5.32 Å². The van der Waals surface area contributed by atoms with Gasteiger partial charge in [-0.3, -0.25) is 9.69 Å². The summed E-state index contributed by atoms with van der Waals surface area (Å²) in [6.07, 6.45) is -0.0980. The van der Waals surface area contributed by atoms with Crippen LogP contribution in [0.25, 0.3) is 0 Å². The van der Waals surface area contributed by atoms with Crippen molar-refractivity contribution in [3.63, 3.8) is 0 Å². The minimum atomic E-state index is -1.36. The molecule has 2 fully saturated rings. The topological polar surface area (TPSA) is 102 Å². The summed E-state index contributed by atoms with van der Waals surface area (Å²) in [7, 11) is 1.94. The molecule has 0 aromatic rings. The second-order valence-corrected chi connectivity index (χ2v) is 9.36. The molecule has 158 valence electrons. The third kappa shape index (κ3) is 5.29. The van der Waals surface area contributed by atoms with E-state index in [9.17, 15) is 20.1 Å². The van der Waals surface area contributed by atoms with E-state index < -0.39 is 41.3 Å². The Morgan fingerprint density at radius 3 is 2.56 bits per heavy atom. The van der Waals surface area contributed by atoms with Gasteiger partial charge in [0.2, 0.25) is 5.91 Å². The Morgan fingerprint density at radius 2 is 2.00 bits per heavy atom. The lowest BCUT2D eigenvalue weighted by Crippen LogP contribution is -2.65. The number of ether oxygens (including phenoxy) is 1. The molecule has 4 N–H and O–H groups in total. The number of carbonyl (C=O) groups is 1. The van der Waals surface area contributed by atoms with E-state index in [-0.39, 0.29) is 11.9 Å². The maximum Gasteiger partial charge on any atom is 0.237 e. The first-order chi connectivity index (χ1) is 12.7. The lowest BCUT2D eigenvalue weighted by Gasteiger charge is -2.44. The maximum absolute atomic E-state index is 12.9. The number of likely N-dealkylation sites (tertiary alicyclic amines) is 1. The number of nitrogens with zero attached hydrogens (tertiary/aromatic N) is 1. The fraction of sp³-hybridized carbons (Fsp3) is 0.944. The van der Waals surface area contributed by atoms with Crippen LogP contribution in [0.4, 0.5) is 0 Å². The molecule has 0 radical (unpaired) electrons. The third-order valence-electron chi connectivity index (χ3n) is 5.63. The molecule has 2 saturated heterocycles. The number of rotatable bonds is 7. The van der Waals surface area contributed by atoms with E-state index in [0.29, 0.717) is 5.92 Å². The molecule has 2 rings (SSSR count). The van der Waals surface area contributed by atoms with E-state index in [1.54, 1.807) is 13.2 Å². The van der Waals surface area contributed by atoms with E-state index in [1.807, 2.05) is 11.9 Å². The largest absolute Gasteiger partial charge is 0.388 e. The number of thioether (sulfide) groups is 1. The number of aliphatic hydroxyl groups is 3. The van der Waals surface area contributed by atoms with Gasteiger partial charge in [0.1, 0.15) is 29.9 Å². The fourth-order valence-corrected chi connectivity index (χ4v) is 5.00. The fourth-order valence-electron chi connectivity index (χ4n) is 4.11. The second kappa shape index (κ2) is 10.1. The molecule has 5 unspecified atom stereocenters. The molecule has 0 spiro atoms. The Labute approximate surface area is 170 Å². The summed E-state index contributed by atoms with van der Waals surface area (Å²) in [6, 6.07) is -0.934. The van der Waals surface area contributed by atoms with Crippen LogP contribution >= 0.6 is 23.4 Å². The number of amides is 1. The average Bonchev–Trinajstić information content (AvgIpc) is 2.99. The Morgan fingerprint density at radius 1 is 1.33 bits per heavy atom. The molecule has 9 heteroatoms. The van der Waals surface area contributed by atoms with Gasteiger partial charge in [-0.15, -0.1) is 23.4 Å². The normalized spacial score (nSPS) is 39.9. The molecule has 9 atom stereocenters. The molecule has 2 aliphatic rings. The molecule has 7 nitrogen and oxygen atoms in total. The van der Waals surface area contributed by atoms with Crippen molar-refractivity contribution in [3.05, 3.63) is 0 Å². The molecule has 0 aliphatic carbocycles. The van der Waals surface area contributed by atoms with Gasteiger partial charge in [-0.2, -0.15) is 0 Å². The lowest BCUT2D eigenvalue weighted by atomic mass is 9.92. The van der Waals surface area contributed by atoms with Gasteiger partial charge in [-0.1, -0.05) is 13.3 Å². The minimum Gasteiger partial charge on any atom is -0.388 e. The number of carbonyl (C=O) groups excluding carboxylic acids is 1. The van der Waals surface area contributed by atoms with Gasteiger partial charge < -0.3 is 25.4 Å². The summed E-state index contributed by atoms with van der Waals surface area (Å²) in [5.41, 5.74) is -0.702. The number of alkyl halides is 1. The summed E-state index contributed by atoms with van der Waals surface area (Å²) >= 11 is 7.55. The van der Waals surface area contributed by atoms with Crippen LogP contribution in [0.3, 0.4) is 0 Å². The van der Waals surface area contributed by atoms with E-state index in [0.717, 1.165) is 25.8 Å². The molecule has 2 heterocycles. The first-order valence-corrected chi connectivity index (χ1v) is 11.3. The number of nitrogens with one attached hydrogen (secondary N) is 1. The zero-order valence-corrected chi connectivity index (χ0v) is 18.0. The summed E-state index contributed by atoms with van der Waals surface area (Å²) in [6.45, 7) is 4.74. The highest BCUT2D eigenvalue weighted by molar-refractivity contribution is 7.99. The predicted molar refractivity (Wildman–Crippen MR) is 107 cm³/mol. The first kappa shape index (κ1) is 23.2. The molecular formula is C18H33ClN2O5S. The molecule has 0 saturated carbocycles. The Balaban J connectivity index is 2.09. The molecule has 27 heavy (non-hydrogen) atoms. The summed E-state index contributed by atoms with van der Waals surface area (Å²) < 4.78 is 5.79. The number of aliphatic hydroxyl groups excluding tert-OH is 3. The monoisotopic (exact) mass is 424 g/mol. The van der Waals surface area contributed by atoms with Gasteiger partial charge in [0.25, 0.3) is 0 Å². The molecule has 0 aromatic heterocycles. The van der Waals surface area contributed by atoms with E-state index in [4.69, 9.17) is 16.3 Å². The molecule has 1 amide bonds. The van der Waals surface area contributed by atoms with Gasteiger partial charge in [-0.05, 0) is 39.0 Å². The lowest BCUT2D eigenvalue weighted by molar-refractivity contribution is -0.205. The Hall–Kier alpha value is -0.0900. The van der Waals surface area contributed by atoms with Crippen LogP contribution in [0.2, 0.25) is 0 Å². The van der Waals surface area contributed by atoms with Gasteiger partial charge >= 0.3 is 0 Å². The zero-order chi connectivity index (χ0) is 20.3. The zero-order valence-electron chi connectivity index (χ0n) is 16.4. The number of hydrogen-bond acceptors (Lipinski definition) is 7. The second-order valence-electron chi connectivity index (χ2n) is 7.73. The van der Waals surface area contributed by atoms with Crippen molar-refractivity contribution in [2.24, 2.45) is 5.92 Å². The smallest absolute Gasteiger partial charge is 0.237 e. The minimum absolute atomic E-state index is 0.147. The molecule has 0 aromatic carbocycles. The van der Waals surface area contributed by atoms with Crippen LogP contribution in [0.15, 0.2) is 0 Å². The van der Waals surface area contributed by atoms with E-state index >= 15 is 0 Å². The van der Waals surface area contributed by atoms with E-state index in [2.05, 4.69) is 12.2 Å². The number of likely N-dealkylation sites (N-methyl/N-ethyl adjacent to an activating group) is 1. The van der Waals surface area contributed by atoms with Crippen molar-refractivity contribution in [2.75, 3.05) is 19.8 Å². The van der Waals surface area contributed by atoms with Gasteiger partial charge in [0.05, 0.1) is 17.5 Å². The van der Waals surface area contributed by atoms with Crippen molar-refractivity contribution in [2.45, 2.75) is 80.4 Å². The average molecular weight is 425 g/mol. The Kier molecular flexibility index (Phi) is 8.67. The molecular weight excluding hydrogens is 392 g/mol. The highest BCUT2D eigenvalue weighted by Crippen LogP contribution is 2.31. The summed E-state index contributed by atoms with van der Waals surface area (Å²) in [4.78, 5) is 14.9. The highest BCUT2D eigenvalue weighted by atomic mass is 35.5. The number of hydrogen-bond donors (Lipinski definition) is 4. The number of halogens is 1. The molecule has 0 bridgehead atoms. The van der Waals surface area contributed by atoms with E-state index in [1.165, 1.54) is 11.8 Å². The van der Waals surface area contributed by atoms with Gasteiger partial charge in [-0.25, -0.2) is 0 Å². The Bertz CT molecular complexity index is 498. The van der Waals surface area contributed by atoms with Crippen LogP contribution in [0.5, 0.6) is 0 Å². The predicted octanol–water partition coefficient (Wildman–Crippen LogP) is 0.390. The quantitative estimate of drug-likeness (QED) is 0.438. The SMILES string of the molecule is CCCC1C[C@H](C(=O)NC(C2O[C@H](SC)C(O)C(O)[C@H]2O)[C@H](C)Cl)N(C)C1. The van der Waals surface area contributed by atoms with Gasteiger partial charge in [0, 0.05) is 6.54 Å². The summed E-state index contributed by atoms with van der Waals surface area (Å²) in [5, 5.41) is 33.0. The van der Waals surface area contributed by atoms with Crippen LogP contribution in [0, 0.1) is 5.92 Å². The van der Waals surface area contributed by atoms with Crippen molar-refractivity contribution in [1.29, 1.82) is 0 Å². The molecule has 2 aliphatic heterocycles. The highest BCUT2D eigenvalue weighted by Gasteiger charge is 2.48. The van der Waals surface area contributed by atoms with Crippen LogP contribution in [-0.4, -0.2) is 93.3 Å². The van der Waals surface area contributed by atoms with Crippen molar-refractivity contribution in [3.8, 4) is 0 Å². The van der Waals surface area contributed by atoms with Crippen molar-refractivity contribution >= 4 is 29.3 Å². The maximum atomic E-state index is 12.9. The first-order valence-electron chi connectivity index (χ1n) is 9.58. The van der Waals surface area contributed by atoms with Gasteiger partial charge in [0.15, 0.2) is 0 Å². The van der Waals surface area contributed by atoms with Crippen molar-refractivity contribution in [1.82, 2.24) is 10.2 Å². The standard InChI is InChI=1S/C18H33ClN2O5S/c1-5-6-10-7-11(21(3)8-10)17(25)20-12(9(2)19)16-14(23)13(22)15(24)18(26-16)27-4/h9-16,18,22-24H,5-8H2,1-4H3,(H,20,25)/t9-,10?,11+,12?,13?,14+,15?,16?,18+/m0/s1. The summed E-state index contributed by atoms with van der Waals surface area (Å²) in [5.74, 6) is 0.350. The van der Waals surface area contributed by atoms with Crippen LogP contribution in [-0.2, 0) is 9.53 Å². The third-order valence-corrected chi connectivity index (χ3v) is 6.76. The van der Waals surface area contributed by atoms with Crippen LogP contribution in [0.1, 0.15) is 33.1 Å². The van der Waals surface area contributed by atoms with Crippen molar-refractivity contribution < 1.29 is 24.9 Å².